The highest BCUT2D eigenvalue weighted by atomic mass is 19.1. The molecule has 0 unspecified atom stereocenters. The predicted molar refractivity (Wildman–Crippen MR) is 108 cm³/mol. The average Bonchev–Trinajstić information content (AvgIpc) is 3.00. The van der Waals surface area contributed by atoms with Gasteiger partial charge in [0.2, 0.25) is 11.7 Å². The second-order valence-electron chi connectivity index (χ2n) is 6.67. The van der Waals surface area contributed by atoms with E-state index in [4.69, 9.17) is 4.74 Å². The second-order valence-corrected chi connectivity index (χ2v) is 6.67. The van der Waals surface area contributed by atoms with Crippen molar-refractivity contribution in [2.75, 3.05) is 11.9 Å². The van der Waals surface area contributed by atoms with Crippen LogP contribution < -0.4 is 5.32 Å². The molecule has 7 nitrogen and oxygen atoms in total. The monoisotopic (exact) mass is 409 g/mol. The third-order valence-corrected chi connectivity index (χ3v) is 4.42. The van der Waals surface area contributed by atoms with E-state index in [9.17, 15) is 18.8 Å². The van der Waals surface area contributed by atoms with Crippen molar-refractivity contribution < 1.29 is 23.5 Å². The predicted octanol–water partition coefficient (Wildman–Crippen LogP) is 3.63. The second kappa shape index (κ2) is 8.69. The van der Waals surface area contributed by atoms with Crippen LogP contribution >= 0.6 is 0 Å². The molecule has 0 saturated carbocycles. The molecule has 8 heteroatoms. The van der Waals surface area contributed by atoms with Crippen LogP contribution in [0.2, 0.25) is 0 Å². The van der Waals surface area contributed by atoms with E-state index >= 15 is 0 Å². The third-order valence-electron chi connectivity index (χ3n) is 4.42. The van der Waals surface area contributed by atoms with Crippen molar-refractivity contribution in [3.05, 3.63) is 76.9 Å². The lowest BCUT2D eigenvalue weighted by atomic mass is 10.1. The summed E-state index contributed by atoms with van der Waals surface area (Å²) in [6, 6.07) is 13.0. The molecule has 0 spiro atoms. The third kappa shape index (κ3) is 4.43. The smallest absolute Gasteiger partial charge is 0.342 e. The fourth-order valence-electron chi connectivity index (χ4n) is 3.06. The molecule has 1 amide bonds. The number of halogens is 1. The molecule has 0 aliphatic heterocycles. The first-order valence-electron chi connectivity index (χ1n) is 9.17. The number of amides is 1. The van der Waals surface area contributed by atoms with Crippen molar-refractivity contribution in [2.24, 2.45) is 0 Å². The van der Waals surface area contributed by atoms with Crippen LogP contribution in [0.1, 0.15) is 39.0 Å². The van der Waals surface area contributed by atoms with Crippen molar-refractivity contribution in [3.8, 4) is 5.69 Å². The molecule has 2 aromatic carbocycles. The zero-order valence-electron chi connectivity index (χ0n) is 16.7. The Bertz CT molecular complexity index is 1120. The van der Waals surface area contributed by atoms with Crippen LogP contribution in [-0.2, 0) is 9.53 Å². The van der Waals surface area contributed by atoms with E-state index in [1.165, 1.54) is 19.1 Å². The molecule has 1 N–H and O–H groups in total. The van der Waals surface area contributed by atoms with Gasteiger partial charge >= 0.3 is 5.97 Å². The molecule has 3 aromatic rings. The Morgan fingerprint density at radius 2 is 1.80 bits per heavy atom. The molecule has 0 atom stereocenters. The van der Waals surface area contributed by atoms with E-state index in [2.05, 4.69) is 10.4 Å². The Morgan fingerprint density at radius 3 is 2.43 bits per heavy atom. The normalized spacial score (nSPS) is 10.5. The number of hydrogen-bond donors (Lipinski definition) is 1. The van der Waals surface area contributed by atoms with Gasteiger partial charge in [-0.15, -0.1) is 0 Å². The zero-order valence-corrected chi connectivity index (χ0v) is 16.7. The van der Waals surface area contributed by atoms with Crippen LogP contribution in [0.25, 0.3) is 5.69 Å². The Balaban J connectivity index is 1.72. The molecule has 0 fully saturated rings. The summed E-state index contributed by atoms with van der Waals surface area (Å²) < 4.78 is 20.9. The van der Waals surface area contributed by atoms with Gasteiger partial charge in [0.1, 0.15) is 11.4 Å². The fourth-order valence-corrected chi connectivity index (χ4v) is 3.06. The molecular formula is C22H20FN3O4. The quantitative estimate of drug-likeness (QED) is 0.496. The lowest BCUT2D eigenvalue weighted by molar-refractivity contribution is -0.114. The van der Waals surface area contributed by atoms with E-state index in [0.29, 0.717) is 11.4 Å². The minimum Gasteiger partial charge on any atom is -0.454 e. The highest BCUT2D eigenvalue weighted by Gasteiger charge is 2.22. The Morgan fingerprint density at radius 1 is 1.10 bits per heavy atom. The Hall–Kier alpha value is -3.81. The maximum Gasteiger partial charge on any atom is 0.342 e. The fraction of sp³-hybridized carbons (Fsp3) is 0.182. The number of carbonyl (C=O) groups excluding carboxylic acids is 3. The first-order valence-corrected chi connectivity index (χ1v) is 9.17. The van der Waals surface area contributed by atoms with Gasteiger partial charge in [0.25, 0.3) is 0 Å². The van der Waals surface area contributed by atoms with E-state index in [1.54, 1.807) is 18.5 Å². The van der Waals surface area contributed by atoms with Crippen LogP contribution in [0.15, 0.2) is 48.5 Å². The van der Waals surface area contributed by atoms with Crippen LogP contribution in [0, 0.1) is 19.7 Å². The van der Waals surface area contributed by atoms with E-state index < -0.39 is 24.2 Å². The lowest BCUT2D eigenvalue weighted by Gasteiger charge is -2.08. The number of carbonyl (C=O) groups is 3. The van der Waals surface area contributed by atoms with Gasteiger partial charge in [0.05, 0.1) is 22.6 Å². The summed E-state index contributed by atoms with van der Waals surface area (Å²) in [7, 11) is 0. The van der Waals surface area contributed by atoms with E-state index in [0.717, 1.165) is 11.8 Å². The summed E-state index contributed by atoms with van der Waals surface area (Å²) in [4.78, 5) is 35.9. The minimum atomic E-state index is -0.813. The maximum absolute atomic E-state index is 14.2. The lowest BCUT2D eigenvalue weighted by Crippen LogP contribution is -2.17. The summed E-state index contributed by atoms with van der Waals surface area (Å²) in [6.07, 6.45) is 0. The number of aromatic nitrogens is 2. The van der Waals surface area contributed by atoms with Crippen LogP contribution in [0.3, 0.4) is 0 Å². The largest absolute Gasteiger partial charge is 0.454 e. The standard InChI is InChI=1S/C22H20FN3O4/c1-13-21(14(2)26(25-13)17-7-5-4-6-8-17)22(29)30-12-20(28)18-10-9-16(11-19(18)23)24-15(3)27/h4-11H,12H2,1-3H3,(H,24,27). The number of esters is 1. The SMILES string of the molecule is CC(=O)Nc1ccc(C(=O)COC(=O)c2c(C)nn(-c3ccccc3)c2C)c(F)c1. The van der Waals surface area contributed by atoms with Gasteiger partial charge in [-0.05, 0) is 44.2 Å². The van der Waals surface area contributed by atoms with Crippen molar-refractivity contribution in [2.45, 2.75) is 20.8 Å². The number of Topliss-reactive ketones (excluding diaryl/α,β-unsaturated/α-hetero) is 1. The minimum absolute atomic E-state index is 0.230. The molecular weight excluding hydrogens is 389 g/mol. The first kappa shape index (κ1) is 20.9. The van der Waals surface area contributed by atoms with Crippen LogP contribution in [0.5, 0.6) is 0 Å². The summed E-state index contributed by atoms with van der Waals surface area (Å²) >= 11 is 0. The number of anilines is 1. The number of rotatable bonds is 6. The molecule has 0 aliphatic carbocycles. The van der Waals surface area contributed by atoms with Gasteiger partial charge in [-0.1, -0.05) is 18.2 Å². The van der Waals surface area contributed by atoms with E-state index in [-0.39, 0.29) is 22.7 Å². The molecule has 30 heavy (non-hydrogen) atoms. The van der Waals surface area contributed by atoms with Crippen molar-refractivity contribution >= 4 is 23.3 Å². The van der Waals surface area contributed by atoms with Gasteiger partial charge in [0.15, 0.2) is 6.61 Å². The number of ketones is 1. The molecule has 1 heterocycles. The molecule has 0 bridgehead atoms. The van der Waals surface area contributed by atoms with Crippen LogP contribution in [-0.4, -0.2) is 34.0 Å². The highest BCUT2D eigenvalue weighted by Crippen LogP contribution is 2.20. The maximum atomic E-state index is 14.2. The summed E-state index contributed by atoms with van der Waals surface area (Å²) in [5.41, 5.74) is 2.07. The summed E-state index contributed by atoms with van der Waals surface area (Å²) in [6.45, 7) is 4.07. The number of hydrogen-bond acceptors (Lipinski definition) is 5. The molecule has 0 radical (unpaired) electrons. The number of nitrogens with one attached hydrogen (secondary N) is 1. The summed E-state index contributed by atoms with van der Waals surface area (Å²) in [5.74, 6) is -2.58. The Labute approximate surface area is 172 Å². The van der Waals surface area contributed by atoms with Gasteiger partial charge in [-0.3, -0.25) is 9.59 Å². The molecule has 154 valence electrons. The number of para-hydroxylation sites is 1. The number of aryl methyl sites for hydroxylation is 1. The van der Waals surface area contributed by atoms with Gasteiger partial charge < -0.3 is 10.1 Å². The zero-order chi connectivity index (χ0) is 21.8. The number of benzene rings is 2. The molecule has 0 saturated heterocycles. The highest BCUT2D eigenvalue weighted by molar-refractivity contribution is 6.00. The molecule has 3 rings (SSSR count). The van der Waals surface area contributed by atoms with Crippen molar-refractivity contribution in [3.63, 3.8) is 0 Å². The van der Waals surface area contributed by atoms with Crippen molar-refractivity contribution in [1.29, 1.82) is 0 Å². The van der Waals surface area contributed by atoms with E-state index in [1.807, 2.05) is 30.3 Å². The Kier molecular flexibility index (Phi) is 6.06. The average molecular weight is 409 g/mol. The number of ether oxygens (including phenoxy) is 1. The molecule has 0 aliphatic rings. The molecule has 1 aromatic heterocycles. The topological polar surface area (TPSA) is 90.3 Å². The van der Waals surface area contributed by atoms with Crippen molar-refractivity contribution in [1.82, 2.24) is 9.78 Å². The van der Waals surface area contributed by atoms with Gasteiger partial charge in [-0.25, -0.2) is 13.9 Å². The first-order chi connectivity index (χ1) is 14.3. The summed E-state index contributed by atoms with van der Waals surface area (Å²) in [5, 5.41) is 6.80. The van der Waals surface area contributed by atoms with Gasteiger partial charge in [-0.2, -0.15) is 5.10 Å². The number of nitrogens with zero attached hydrogens (tertiary/aromatic N) is 2. The van der Waals surface area contributed by atoms with Gasteiger partial charge in [0, 0.05) is 12.6 Å². The van der Waals surface area contributed by atoms with Crippen LogP contribution in [0.4, 0.5) is 10.1 Å².